The molecular weight excluding hydrogens is 438 g/mol. The fourth-order valence-electron chi connectivity index (χ4n) is 4.02. The lowest BCUT2D eigenvalue weighted by Crippen LogP contribution is -2.49. The average molecular weight is 456 g/mol. The van der Waals surface area contributed by atoms with Gasteiger partial charge in [0.1, 0.15) is 0 Å². The molecule has 1 aromatic carbocycles. The van der Waals surface area contributed by atoms with Crippen LogP contribution in [0.5, 0.6) is 0 Å². The lowest BCUT2D eigenvalue weighted by Gasteiger charge is -2.25. The fourth-order valence-corrected chi connectivity index (χ4v) is 5.05. The summed E-state index contributed by atoms with van der Waals surface area (Å²) >= 11 is 1.09. The first kappa shape index (κ1) is 21.7. The fraction of sp³-hybridized carbons (Fsp3) is 0.318. The number of rotatable bonds is 3. The van der Waals surface area contributed by atoms with E-state index in [2.05, 4.69) is 5.10 Å². The summed E-state index contributed by atoms with van der Waals surface area (Å²) in [6.07, 6.45) is 0. The second-order valence-electron chi connectivity index (χ2n) is 7.59. The van der Waals surface area contributed by atoms with Crippen LogP contribution in [0.3, 0.4) is 0 Å². The molecule has 1 aliphatic rings. The summed E-state index contributed by atoms with van der Waals surface area (Å²) < 4.78 is 90.4. The number of nitrogens with zero attached hydrogens (tertiary/aromatic N) is 2. The standard InChI is InChI=1S/C22H18F6N2S/c1-11-17(12(2)30(4)29-11)19-18(20(23,24)22(27,28)21(19,25)26)15-10-16(31-13(15)3)14-8-6-5-7-9-14/h5-10H,1-4H3. The van der Waals surface area contributed by atoms with Crippen LogP contribution in [0.4, 0.5) is 26.3 Å². The molecule has 0 radical (unpaired) electrons. The van der Waals surface area contributed by atoms with Crippen molar-refractivity contribution in [3.05, 3.63) is 63.8 Å². The minimum Gasteiger partial charge on any atom is -0.272 e. The topological polar surface area (TPSA) is 17.8 Å². The summed E-state index contributed by atoms with van der Waals surface area (Å²) in [5.41, 5.74) is -2.60. The molecule has 31 heavy (non-hydrogen) atoms. The van der Waals surface area contributed by atoms with Gasteiger partial charge in [0.15, 0.2) is 0 Å². The van der Waals surface area contributed by atoms with Crippen LogP contribution in [0.2, 0.25) is 0 Å². The van der Waals surface area contributed by atoms with E-state index in [9.17, 15) is 8.78 Å². The molecule has 0 atom stereocenters. The Kier molecular flexibility index (Phi) is 4.70. The van der Waals surface area contributed by atoms with Gasteiger partial charge in [0.05, 0.1) is 5.69 Å². The van der Waals surface area contributed by atoms with E-state index in [1.807, 2.05) is 0 Å². The van der Waals surface area contributed by atoms with Crippen LogP contribution in [0.25, 0.3) is 21.6 Å². The highest BCUT2D eigenvalue weighted by molar-refractivity contribution is 7.15. The van der Waals surface area contributed by atoms with Crippen LogP contribution < -0.4 is 0 Å². The zero-order chi connectivity index (χ0) is 22.9. The molecule has 4 rings (SSSR count). The molecule has 2 nitrogen and oxygen atoms in total. The van der Waals surface area contributed by atoms with Crippen LogP contribution in [0, 0.1) is 20.8 Å². The molecule has 0 fully saturated rings. The van der Waals surface area contributed by atoms with Gasteiger partial charge in [-0.1, -0.05) is 30.3 Å². The molecule has 0 N–H and O–H groups in total. The summed E-state index contributed by atoms with van der Waals surface area (Å²) in [5, 5.41) is 3.98. The molecule has 164 valence electrons. The summed E-state index contributed by atoms with van der Waals surface area (Å²) in [5.74, 6) is -15.7. The zero-order valence-corrected chi connectivity index (χ0v) is 17.9. The van der Waals surface area contributed by atoms with Gasteiger partial charge in [0.2, 0.25) is 0 Å². The second kappa shape index (κ2) is 6.72. The van der Waals surface area contributed by atoms with Crippen LogP contribution in [0.15, 0.2) is 36.4 Å². The van der Waals surface area contributed by atoms with E-state index >= 15 is 17.6 Å². The number of allylic oxidation sites excluding steroid dienone is 2. The van der Waals surface area contributed by atoms with E-state index < -0.39 is 28.9 Å². The van der Waals surface area contributed by atoms with Crippen LogP contribution in [-0.4, -0.2) is 27.5 Å². The van der Waals surface area contributed by atoms with Gasteiger partial charge in [-0.05, 0) is 38.0 Å². The first-order chi connectivity index (χ1) is 14.3. The van der Waals surface area contributed by atoms with Gasteiger partial charge < -0.3 is 0 Å². The lowest BCUT2D eigenvalue weighted by atomic mass is 9.93. The van der Waals surface area contributed by atoms with E-state index in [-0.39, 0.29) is 27.4 Å². The summed E-state index contributed by atoms with van der Waals surface area (Å²) in [7, 11) is 1.44. The smallest absolute Gasteiger partial charge is 0.272 e. The first-order valence-electron chi connectivity index (χ1n) is 9.37. The Bertz CT molecular complexity index is 1200. The Labute approximate surface area is 178 Å². The molecule has 0 bridgehead atoms. The summed E-state index contributed by atoms with van der Waals surface area (Å²) in [4.78, 5) is 0.771. The van der Waals surface area contributed by atoms with Crippen molar-refractivity contribution in [3.8, 4) is 10.4 Å². The SMILES string of the molecule is Cc1nn(C)c(C)c1C1=C(c2cc(-c3ccccc3)sc2C)C(F)(F)C(F)(F)C1(F)F. The van der Waals surface area contributed by atoms with Crippen molar-refractivity contribution in [2.24, 2.45) is 7.05 Å². The van der Waals surface area contributed by atoms with Gasteiger partial charge in [-0.2, -0.15) is 31.4 Å². The third kappa shape index (κ3) is 2.82. The van der Waals surface area contributed by atoms with E-state index in [1.54, 1.807) is 30.3 Å². The Hall–Kier alpha value is -2.55. The maximum Gasteiger partial charge on any atom is 0.380 e. The predicted molar refractivity (Wildman–Crippen MR) is 109 cm³/mol. The van der Waals surface area contributed by atoms with Crippen LogP contribution >= 0.6 is 11.3 Å². The maximum absolute atomic E-state index is 15.1. The quantitative estimate of drug-likeness (QED) is 0.392. The van der Waals surface area contributed by atoms with Gasteiger partial charge >= 0.3 is 17.8 Å². The van der Waals surface area contributed by atoms with Gasteiger partial charge in [0.25, 0.3) is 0 Å². The number of aryl methyl sites for hydroxylation is 3. The molecular formula is C22H18F6N2S. The monoisotopic (exact) mass is 456 g/mol. The van der Waals surface area contributed by atoms with E-state index in [0.717, 1.165) is 11.3 Å². The van der Waals surface area contributed by atoms with Crippen molar-refractivity contribution in [2.75, 3.05) is 0 Å². The molecule has 0 aliphatic heterocycles. The number of hydrogen-bond acceptors (Lipinski definition) is 2. The van der Waals surface area contributed by atoms with Gasteiger partial charge in [-0.25, -0.2) is 0 Å². The van der Waals surface area contributed by atoms with Crippen LogP contribution in [-0.2, 0) is 7.05 Å². The minimum absolute atomic E-state index is 0.0168. The zero-order valence-electron chi connectivity index (χ0n) is 17.0. The first-order valence-corrected chi connectivity index (χ1v) is 10.2. The second-order valence-corrected chi connectivity index (χ2v) is 8.85. The van der Waals surface area contributed by atoms with Gasteiger partial charge in [0, 0.05) is 39.2 Å². The minimum atomic E-state index is -5.58. The Balaban J connectivity index is 2.08. The normalized spacial score (nSPS) is 19.3. The molecule has 0 saturated carbocycles. The van der Waals surface area contributed by atoms with Crippen molar-refractivity contribution < 1.29 is 26.3 Å². The Morgan fingerprint density at radius 1 is 0.871 bits per heavy atom. The van der Waals surface area contributed by atoms with Crippen molar-refractivity contribution in [2.45, 2.75) is 38.5 Å². The summed E-state index contributed by atoms with van der Waals surface area (Å²) in [6, 6.07) is 10.0. The average Bonchev–Trinajstić information content (AvgIpc) is 3.22. The Morgan fingerprint density at radius 3 is 2.00 bits per heavy atom. The third-order valence-electron chi connectivity index (χ3n) is 5.67. The van der Waals surface area contributed by atoms with Crippen molar-refractivity contribution in [1.29, 1.82) is 0 Å². The van der Waals surface area contributed by atoms with Gasteiger partial charge in [-0.15, -0.1) is 11.3 Å². The molecule has 2 heterocycles. The number of benzene rings is 1. The molecule has 2 aromatic heterocycles. The van der Waals surface area contributed by atoms with Crippen molar-refractivity contribution in [1.82, 2.24) is 9.78 Å². The number of aromatic nitrogens is 2. The molecule has 0 saturated heterocycles. The number of hydrogen-bond donors (Lipinski definition) is 0. The molecule has 0 unspecified atom stereocenters. The predicted octanol–water partition coefficient (Wildman–Crippen LogP) is 6.90. The highest BCUT2D eigenvalue weighted by Gasteiger charge is 2.80. The molecule has 0 spiro atoms. The number of thiophene rings is 1. The molecule has 3 aromatic rings. The third-order valence-corrected chi connectivity index (χ3v) is 6.77. The Morgan fingerprint density at radius 2 is 1.45 bits per heavy atom. The molecule has 0 amide bonds. The molecule has 1 aliphatic carbocycles. The van der Waals surface area contributed by atoms with Crippen molar-refractivity contribution >= 4 is 22.5 Å². The van der Waals surface area contributed by atoms with E-state index in [1.165, 1.54) is 38.6 Å². The number of alkyl halides is 6. The van der Waals surface area contributed by atoms with E-state index in [0.29, 0.717) is 10.4 Å². The number of halogens is 6. The molecule has 9 heteroatoms. The largest absolute Gasteiger partial charge is 0.380 e. The highest BCUT2D eigenvalue weighted by atomic mass is 32.1. The maximum atomic E-state index is 15.1. The van der Waals surface area contributed by atoms with Gasteiger partial charge in [-0.3, -0.25) is 4.68 Å². The van der Waals surface area contributed by atoms with Crippen LogP contribution in [0.1, 0.15) is 27.4 Å². The van der Waals surface area contributed by atoms with Crippen molar-refractivity contribution in [3.63, 3.8) is 0 Å². The van der Waals surface area contributed by atoms with E-state index in [4.69, 9.17) is 0 Å². The lowest BCUT2D eigenvalue weighted by molar-refractivity contribution is -0.254. The summed E-state index contributed by atoms with van der Waals surface area (Å²) in [6.45, 7) is 4.19. The highest BCUT2D eigenvalue weighted by Crippen LogP contribution is 2.65.